The van der Waals surface area contributed by atoms with E-state index in [0.29, 0.717) is 6.54 Å². The van der Waals surface area contributed by atoms with E-state index in [1.165, 1.54) is 12.1 Å². The molecule has 3 aromatic rings. The van der Waals surface area contributed by atoms with Crippen molar-refractivity contribution in [1.82, 2.24) is 4.90 Å². The second kappa shape index (κ2) is 8.63. The zero-order chi connectivity index (χ0) is 22.1. The Kier molecular flexibility index (Phi) is 5.53. The number of halogens is 1. The number of likely N-dealkylation sites (tertiary alicyclic amines) is 1. The van der Waals surface area contributed by atoms with E-state index in [1.807, 2.05) is 54.6 Å². The lowest BCUT2D eigenvalue weighted by atomic mass is 9.82. The summed E-state index contributed by atoms with van der Waals surface area (Å²) >= 11 is 0. The smallest absolute Gasteiger partial charge is 0.410 e. The second-order valence-corrected chi connectivity index (χ2v) is 8.38. The van der Waals surface area contributed by atoms with Crippen LogP contribution in [0.4, 0.5) is 14.9 Å². The predicted octanol–water partition coefficient (Wildman–Crippen LogP) is 4.98. The van der Waals surface area contributed by atoms with Crippen molar-refractivity contribution in [2.75, 3.05) is 18.5 Å². The highest BCUT2D eigenvalue weighted by Gasteiger charge is 2.46. The summed E-state index contributed by atoms with van der Waals surface area (Å²) in [5.41, 5.74) is 4.45. The Hall–Kier alpha value is -3.38. The predicted molar refractivity (Wildman–Crippen MR) is 121 cm³/mol. The molecule has 2 heterocycles. The van der Waals surface area contributed by atoms with E-state index < -0.39 is 0 Å². The second-order valence-electron chi connectivity index (χ2n) is 8.38. The van der Waals surface area contributed by atoms with Crippen molar-refractivity contribution >= 4 is 11.8 Å². The van der Waals surface area contributed by atoms with Crippen LogP contribution >= 0.6 is 0 Å². The third kappa shape index (κ3) is 3.82. The SMILES string of the molecule is O=C(OCc1ccccc1)N1CC[C@@H]2[C@@H](CO)Nc3ccc(-c4cccc(F)c4)cc3[C@@H]21. The summed E-state index contributed by atoms with van der Waals surface area (Å²) in [7, 11) is 0. The van der Waals surface area contributed by atoms with E-state index in [4.69, 9.17) is 4.74 Å². The Balaban J connectivity index is 1.45. The molecule has 0 aliphatic carbocycles. The number of carbonyl (C=O) groups excluding carboxylic acids is 1. The van der Waals surface area contributed by atoms with Crippen molar-refractivity contribution in [3.8, 4) is 11.1 Å². The monoisotopic (exact) mass is 432 g/mol. The zero-order valence-corrected chi connectivity index (χ0v) is 17.6. The van der Waals surface area contributed by atoms with Gasteiger partial charge in [-0.05, 0) is 52.9 Å². The Bertz CT molecular complexity index is 1120. The molecule has 0 bridgehead atoms. The number of aliphatic hydroxyl groups excluding tert-OH is 1. The van der Waals surface area contributed by atoms with Crippen LogP contribution in [0.5, 0.6) is 0 Å². The van der Waals surface area contributed by atoms with Crippen LogP contribution in [0.15, 0.2) is 72.8 Å². The number of anilines is 1. The van der Waals surface area contributed by atoms with Gasteiger partial charge in [0.05, 0.1) is 18.7 Å². The lowest BCUT2D eigenvalue weighted by Crippen LogP contribution is -2.43. The van der Waals surface area contributed by atoms with Gasteiger partial charge < -0.3 is 20.1 Å². The molecule has 2 aliphatic heterocycles. The van der Waals surface area contributed by atoms with E-state index in [9.17, 15) is 14.3 Å². The molecule has 0 saturated carbocycles. The molecular formula is C26H25FN2O3. The summed E-state index contributed by atoms with van der Waals surface area (Å²) in [5, 5.41) is 13.4. The van der Waals surface area contributed by atoms with Crippen LogP contribution in [0.1, 0.15) is 23.6 Å². The van der Waals surface area contributed by atoms with Gasteiger partial charge in [-0.25, -0.2) is 9.18 Å². The third-order valence-electron chi connectivity index (χ3n) is 6.47. The highest BCUT2D eigenvalue weighted by atomic mass is 19.1. The lowest BCUT2D eigenvalue weighted by molar-refractivity contribution is 0.0845. The Morgan fingerprint density at radius 2 is 1.88 bits per heavy atom. The van der Waals surface area contributed by atoms with E-state index in [2.05, 4.69) is 5.32 Å². The van der Waals surface area contributed by atoms with Gasteiger partial charge in [-0.3, -0.25) is 0 Å². The van der Waals surface area contributed by atoms with E-state index >= 15 is 0 Å². The molecule has 0 unspecified atom stereocenters. The molecule has 5 nitrogen and oxygen atoms in total. The maximum Gasteiger partial charge on any atom is 0.410 e. The fourth-order valence-electron chi connectivity index (χ4n) is 4.92. The molecule has 1 amide bonds. The number of aliphatic hydroxyl groups is 1. The maximum atomic E-state index is 13.8. The molecule has 6 heteroatoms. The van der Waals surface area contributed by atoms with Crippen molar-refractivity contribution in [3.63, 3.8) is 0 Å². The van der Waals surface area contributed by atoms with Gasteiger partial charge >= 0.3 is 6.09 Å². The first-order valence-electron chi connectivity index (χ1n) is 10.9. The minimum Gasteiger partial charge on any atom is -0.445 e. The molecule has 0 spiro atoms. The van der Waals surface area contributed by atoms with E-state index in [0.717, 1.165) is 34.4 Å². The number of nitrogens with zero attached hydrogens (tertiary/aromatic N) is 1. The normalized spacial score (nSPS) is 21.4. The molecule has 1 saturated heterocycles. The molecule has 1 fully saturated rings. The molecule has 2 N–H and O–H groups in total. The molecule has 2 aliphatic rings. The van der Waals surface area contributed by atoms with Crippen LogP contribution in [-0.4, -0.2) is 35.3 Å². The number of amides is 1. The van der Waals surface area contributed by atoms with Crippen LogP contribution in [0.25, 0.3) is 11.1 Å². The Morgan fingerprint density at radius 1 is 1.06 bits per heavy atom. The van der Waals surface area contributed by atoms with Crippen LogP contribution in [-0.2, 0) is 11.3 Å². The van der Waals surface area contributed by atoms with Crippen LogP contribution in [0.3, 0.4) is 0 Å². The highest BCUT2D eigenvalue weighted by Crippen LogP contribution is 2.47. The Morgan fingerprint density at radius 3 is 2.66 bits per heavy atom. The van der Waals surface area contributed by atoms with Gasteiger partial charge in [0.25, 0.3) is 0 Å². The van der Waals surface area contributed by atoms with Crippen LogP contribution < -0.4 is 5.32 Å². The number of ether oxygens (including phenoxy) is 1. The molecule has 32 heavy (non-hydrogen) atoms. The van der Waals surface area contributed by atoms with E-state index in [-0.39, 0.29) is 43.1 Å². The summed E-state index contributed by atoms with van der Waals surface area (Å²) < 4.78 is 19.4. The van der Waals surface area contributed by atoms with Gasteiger partial charge in [-0.1, -0.05) is 48.5 Å². The standard InChI is InChI=1S/C26H25FN2O3/c27-20-8-4-7-18(13-20)19-9-10-23-22(14-19)25-21(24(15-30)28-23)11-12-29(25)26(31)32-16-17-5-2-1-3-6-17/h1-10,13-14,21,24-25,28,30H,11-12,15-16H2/t21-,24-,25-/m1/s1. The molecule has 0 radical (unpaired) electrons. The summed E-state index contributed by atoms with van der Waals surface area (Å²) in [6.07, 6.45) is 0.412. The number of carbonyl (C=O) groups is 1. The number of hydrogen-bond donors (Lipinski definition) is 2. The largest absolute Gasteiger partial charge is 0.445 e. The number of hydrogen-bond acceptors (Lipinski definition) is 4. The summed E-state index contributed by atoms with van der Waals surface area (Å²) in [5.74, 6) is -0.219. The summed E-state index contributed by atoms with van der Waals surface area (Å²) in [6.45, 7) is 0.759. The first kappa shape index (κ1) is 20.5. The van der Waals surface area contributed by atoms with Crippen molar-refractivity contribution in [2.24, 2.45) is 5.92 Å². The van der Waals surface area contributed by atoms with Crippen LogP contribution in [0, 0.1) is 11.7 Å². The van der Waals surface area contributed by atoms with Gasteiger partial charge in [0.1, 0.15) is 12.4 Å². The minimum absolute atomic E-state index is 0.0147. The molecular weight excluding hydrogens is 407 g/mol. The topological polar surface area (TPSA) is 61.8 Å². The van der Waals surface area contributed by atoms with Crippen molar-refractivity contribution < 1.29 is 19.0 Å². The average molecular weight is 432 g/mol. The number of nitrogens with one attached hydrogen (secondary N) is 1. The molecule has 0 aromatic heterocycles. The fraction of sp³-hybridized carbons (Fsp3) is 0.269. The minimum atomic E-state index is -0.359. The summed E-state index contributed by atoms with van der Waals surface area (Å²) in [6, 6.07) is 21.6. The maximum absolute atomic E-state index is 13.8. The van der Waals surface area contributed by atoms with Gasteiger partial charge in [-0.15, -0.1) is 0 Å². The first-order chi connectivity index (χ1) is 15.6. The fourth-order valence-corrected chi connectivity index (χ4v) is 4.92. The molecule has 5 rings (SSSR count). The van der Waals surface area contributed by atoms with Crippen molar-refractivity contribution in [3.05, 3.63) is 89.7 Å². The van der Waals surface area contributed by atoms with Gasteiger partial charge in [0.15, 0.2) is 0 Å². The van der Waals surface area contributed by atoms with Crippen LogP contribution in [0.2, 0.25) is 0 Å². The average Bonchev–Trinajstić information content (AvgIpc) is 3.28. The number of benzene rings is 3. The summed E-state index contributed by atoms with van der Waals surface area (Å²) in [4.78, 5) is 14.8. The van der Waals surface area contributed by atoms with Gasteiger partial charge in [-0.2, -0.15) is 0 Å². The van der Waals surface area contributed by atoms with Crippen molar-refractivity contribution in [1.29, 1.82) is 0 Å². The quantitative estimate of drug-likeness (QED) is 0.611. The highest BCUT2D eigenvalue weighted by molar-refractivity contribution is 5.74. The van der Waals surface area contributed by atoms with E-state index in [1.54, 1.807) is 11.0 Å². The lowest BCUT2D eigenvalue weighted by Gasteiger charge is -2.39. The molecule has 3 atom stereocenters. The van der Waals surface area contributed by atoms with Gasteiger partial charge in [0, 0.05) is 18.2 Å². The van der Waals surface area contributed by atoms with Gasteiger partial charge in [0.2, 0.25) is 0 Å². The third-order valence-corrected chi connectivity index (χ3v) is 6.47. The van der Waals surface area contributed by atoms with Crippen molar-refractivity contribution in [2.45, 2.75) is 25.1 Å². The molecule has 164 valence electrons. The number of fused-ring (bicyclic) bond motifs is 3. The Labute approximate surface area is 186 Å². The first-order valence-corrected chi connectivity index (χ1v) is 10.9. The molecule has 3 aromatic carbocycles. The zero-order valence-electron chi connectivity index (χ0n) is 17.6. The number of rotatable bonds is 4.